The number of hydrogen-bond donors (Lipinski definition) is 1. The van der Waals surface area contributed by atoms with Crippen LogP contribution in [0.4, 0.5) is 10.5 Å². The number of morpholine rings is 1. The Kier molecular flexibility index (Phi) is 6.29. The second-order valence-corrected chi connectivity index (χ2v) is 8.52. The van der Waals surface area contributed by atoms with Gasteiger partial charge in [0.05, 0.1) is 23.5 Å². The quantitative estimate of drug-likeness (QED) is 0.793. The van der Waals surface area contributed by atoms with Crippen molar-refractivity contribution in [2.45, 2.75) is 6.54 Å². The van der Waals surface area contributed by atoms with E-state index in [2.05, 4.69) is 21.2 Å². The minimum atomic E-state index is -0.193. The molecule has 1 aliphatic rings. The molecule has 3 rings (SSSR count). The zero-order chi connectivity index (χ0) is 18.5. The van der Waals surface area contributed by atoms with Crippen molar-refractivity contribution in [3.05, 3.63) is 50.6 Å². The van der Waals surface area contributed by atoms with Gasteiger partial charge in [0.15, 0.2) is 0 Å². The second-order valence-electron chi connectivity index (χ2n) is 5.97. The predicted molar refractivity (Wildman–Crippen MR) is 106 cm³/mol. The number of thiophene rings is 1. The molecule has 2 aromatic rings. The molecule has 1 aromatic carbocycles. The summed E-state index contributed by atoms with van der Waals surface area (Å²) in [7, 11) is 1.75. The minimum Gasteiger partial charge on any atom is -0.378 e. The molecule has 0 radical (unpaired) electrons. The molecule has 1 N–H and O–H groups in total. The van der Waals surface area contributed by atoms with E-state index in [0.29, 0.717) is 44.1 Å². The molecule has 1 aromatic heterocycles. The summed E-state index contributed by atoms with van der Waals surface area (Å²) in [6, 6.07) is 10.7. The fourth-order valence-electron chi connectivity index (χ4n) is 2.61. The van der Waals surface area contributed by atoms with Crippen LogP contribution in [0.25, 0.3) is 0 Å². The van der Waals surface area contributed by atoms with Gasteiger partial charge in [0, 0.05) is 36.3 Å². The molecule has 0 bridgehead atoms. The summed E-state index contributed by atoms with van der Waals surface area (Å²) in [4.78, 5) is 29.2. The molecule has 0 unspecified atom stereocenters. The molecule has 138 valence electrons. The Morgan fingerprint density at radius 2 is 1.88 bits per heavy atom. The fourth-order valence-corrected chi connectivity index (χ4v) is 4.14. The van der Waals surface area contributed by atoms with Gasteiger partial charge in [-0.3, -0.25) is 4.79 Å². The highest BCUT2D eigenvalue weighted by atomic mass is 79.9. The number of benzene rings is 1. The number of nitrogens with zero attached hydrogens (tertiary/aromatic N) is 2. The molecular weight excluding hydrogens is 418 g/mol. The van der Waals surface area contributed by atoms with Crippen molar-refractivity contribution in [2.75, 3.05) is 38.7 Å². The monoisotopic (exact) mass is 437 g/mol. The van der Waals surface area contributed by atoms with Gasteiger partial charge in [-0.2, -0.15) is 0 Å². The number of ether oxygens (including phenoxy) is 1. The topological polar surface area (TPSA) is 61.9 Å². The largest absolute Gasteiger partial charge is 0.378 e. The van der Waals surface area contributed by atoms with E-state index >= 15 is 0 Å². The lowest BCUT2D eigenvalue weighted by atomic mass is 10.1. The average molecular weight is 438 g/mol. The number of amides is 3. The number of carbonyl (C=O) groups is 2. The van der Waals surface area contributed by atoms with E-state index < -0.39 is 0 Å². The SMILES string of the molecule is CN(Cc1ccc(Br)s1)C(=O)Nc1ccc(C(=O)N2CCOCC2)cc1. The molecule has 3 amide bonds. The van der Waals surface area contributed by atoms with Crippen LogP contribution in [0.3, 0.4) is 0 Å². The number of halogens is 1. The Morgan fingerprint density at radius 1 is 1.19 bits per heavy atom. The normalized spacial score (nSPS) is 14.2. The van der Waals surface area contributed by atoms with E-state index in [9.17, 15) is 9.59 Å². The molecule has 1 saturated heterocycles. The average Bonchev–Trinajstić information content (AvgIpc) is 3.07. The molecule has 2 heterocycles. The van der Waals surface area contributed by atoms with Gasteiger partial charge in [0.2, 0.25) is 0 Å². The molecule has 8 heteroatoms. The third-order valence-corrected chi connectivity index (χ3v) is 5.66. The Hall–Kier alpha value is -1.90. The Labute approximate surface area is 164 Å². The van der Waals surface area contributed by atoms with Crippen LogP contribution in [0.5, 0.6) is 0 Å². The fraction of sp³-hybridized carbons (Fsp3) is 0.333. The van der Waals surface area contributed by atoms with Crippen molar-refractivity contribution >= 4 is 44.9 Å². The summed E-state index contributed by atoms with van der Waals surface area (Å²) in [6.45, 7) is 2.91. The Morgan fingerprint density at radius 3 is 2.50 bits per heavy atom. The summed E-state index contributed by atoms with van der Waals surface area (Å²) in [5, 5.41) is 2.85. The van der Waals surface area contributed by atoms with E-state index in [1.807, 2.05) is 12.1 Å². The third kappa shape index (κ3) is 4.84. The molecular formula is C18H20BrN3O3S. The first-order valence-corrected chi connectivity index (χ1v) is 9.87. The van der Waals surface area contributed by atoms with Crippen LogP contribution in [0.1, 0.15) is 15.2 Å². The summed E-state index contributed by atoms with van der Waals surface area (Å²) in [5.74, 6) is -0.00781. The number of hydrogen-bond acceptors (Lipinski definition) is 4. The first kappa shape index (κ1) is 18.9. The van der Waals surface area contributed by atoms with Crippen molar-refractivity contribution in [2.24, 2.45) is 0 Å². The highest BCUT2D eigenvalue weighted by Crippen LogP contribution is 2.23. The lowest BCUT2D eigenvalue weighted by molar-refractivity contribution is 0.0303. The van der Waals surface area contributed by atoms with Crippen LogP contribution < -0.4 is 5.32 Å². The van der Waals surface area contributed by atoms with Crippen molar-refractivity contribution in [1.29, 1.82) is 0 Å². The maximum absolute atomic E-state index is 12.4. The van der Waals surface area contributed by atoms with Gasteiger partial charge in [-0.05, 0) is 52.3 Å². The standard InChI is InChI=1S/C18H20BrN3O3S/c1-21(12-15-6-7-16(19)26-15)18(24)20-14-4-2-13(3-5-14)17(23)22-8-10-25-11-9-22/h2-7H,8-12H2,1H3,(H,20,24). The van der Waals surface area contributed by atoms with E-state index in [0.717, 1.165) is 8.66 Å². The number of rotatable bonds is 4. The molecule has 0 spiro atoms. The Bertz CT molecular complexity index is 772. The van der Waals surface area contributed by atoms with Crippen molar-refractivity contribution < 1.29 is 14.3 Å². The van der Waals surface area contributed by atoms with Crippen LogP contribution in [-0.4, -0.2) is 55.1 Å². The highest BCUT2D eigenvalue weighted by molar-refractivity contribution is 9.11. The third-order valence-electron chi connectivity index (χ3n) is 4.05. The molecule has 0 aliphatic carbocycles. The van der Waals surface area contributed by atoms with Crippen LogP contribution in [0, 0.1) is 0 Å². The van der Waals surface area contributed by atoms with Gasteiger partial charge < -0.3 is 19.9 Å². The van der Waals surface area contributed by atoms with Crippen LogP contribution in [0.2, 0.25) is 0 Å². The molecule has 26 heavy (non-hydrogen) atoms. The summed E-state index contributed by atoms with van der Waals surface area (Å²) in [5.41, 5.74) is 1.27. The molecule has 1 fully saturated rings. The van der Waals surface area contributed by atoms with Gasteiger partial charge in [0.25, 0.3) is 5.91 Å². The number of anilines is 1. The van der Waals surface area contributed by atoms with E-state index in [4.69, 9.17) is 4.74 Å². The van der Waals surface area contributed by atoms with Crippen LogP contribution in [-0.2, 0) is 11.3 Å². The van der Waals surface area contributed by atoms with Gasteiger partial charge in [0.1, 0.15) is 0 Å². The number of carbonyl (C=O) groups excluding carboxylic acids is 2. The summed E-state index contributed by atoms with van der Waals surface area (Å²) in [6.07, 6.45) is 0. The van der Waals surface area contributed by atoms with Gasteiger partial charge in [-0.15, -0.1) is 11.3 Å². The maximum Gasteiger partial charge on any atom is 0.321 e. The van der Waals surface area contributed by atoms with Crippen molar-refractivity contribution in [3.8, 4) is 0 Å². The molecule has 0 saturated carbocycles. The lowest BCUT2D eigenvalue weighted by Crippen LogP contribution is -2.40. The molecule has 6 nitrogen and oxygen atoms in total. The molecule has 0 atom stereocenters. The first-order chi connectivity index (χ1) is 12.5. The minimum absolute atomic E-state index is 0.00781. The summed E-state index contributed by atoms with van der Waals surface area (Å²) >= 11 is 5.02. The van der Waals surface area contributed by atoms with Crippen molar-refractivity contribution in [1.82, 2.24) is 9.80 Å². The lowest BCUT2D eigenvalue weighted by Gasteiger charge is -2.26. The van der Waals surface area contributed by atoms with E-state index in [1.54, 1.807) is 52.4 Å². The van der Waals surface area contributed by atoms with E-state index in [-0.39, 0.29) is 11.9 Å². The second kappa shape index (κ2) is 8.66. The first-order valence-electron chi connectivity index (χ1n) is 8.26. The number of urea groups is 1. The summed E-state index contributed by atoms with van der Waals surface area (Å²) < 4.78 is 6.31. The van der Waals surface area contributed by atoms with Gasteiger partial charge in [-0.25, -0.2) is 4.79 Å². The van der Waals surface area contributed by atoms with Crippen LogP contribution in [0.15, 0.2) is 40.2 Å². The van der Waals surface area contributed by atoms with E-state index in [1.165, 1.54) is 0 Å². The zero-order valence-corrected chi connectivity index (χ0v) is 16.8. The predicted octanol–water partition coefficient (Wildman–Crippen LogP) is 3.65. The van der Waals surface area contributed by atoms with Gasteiger partial charge >= 0.3 is 6.03 Å². The highest BCUT2D eigenvalue weighted by Gasteiger charge is 2.18. The Balaban J connectivity index is 1.56. The maximum atomic E-state index is 12.4. The van der Waals surface area contributed by atoms with Gasteiger partial charge in [-0.1, -0.05) is 0 Å². The smallest absolute Gasteiger partial charge is 0.321 e. The molecule has 1 aliphatic heterocycles. The van der Waals surface area contributed by atoms with Crippen molar-refractivity contribution in [3.63, 3.8) is 0 Å². The zero-order valence-electron chi connectivity index (χ0n) is 14.4. The number of nitrogens with one attached hydrogen (secondary N) is 1. The van der Waals surface area contributed by atoms with Crippen LogP contribution >= 0.6 is 27.3 Å².